The third kappa shape index (κ3) is 4.95. The Labute approximate surface area is 135 Å². The van der Waals surface area contributed by atoms with Crippen LogP contribution in [0.3, 0.4) is 0 Å². The number of methoxy groups -OCH3 is 1. The van der Waals surface area contributed by atoms with Crippen molar-refractivity contribution in [3.05, 3.63) is 53.8 Å². The van der Waals surface area contributed by atoms with E-state index in [0.717, 1.165) is 11.1 Å². The Morgan fingerprint density at radius 3 is 2.74 bits per heavy atom. The van der Waals surface area contributed by atoms with E-state index in [0.29, 0.717) is 0 Å². The van der Waals surface area contributed by atoms with Crippen LogP contribution < -0.4 is 5.32 Å². The van der Waals surface area contributed by atoms with Gasteiger partial charge < -0.3 is 18.9 Å². The average molecular weight is 319 g/mol. The highest BCUT2D eigenvalue weighted by Gasteiger charge is 2.26. The largest absolute Gasteiger partial charge is 0.504 e. The zero-order valence-electron chi connectivity index (χ0n) is 13.7. The van der Waals surface area contributed by atoms with Crippen LogP contribution >= 0.6 is 0 Å². The zero-order valence-corrected chi connectivity index (χ0v) is 13.7. The highest BCUT2D eigenvalue weighted by Crippen LogP contribution is 2.30. The molecule has 1 aromatic rings. The summed E-state index contributed by atoms with van der Waals surface area (Å²) < 4.78 is 21.2. The van der Waals surface area contributed by atoms with E-state index in [1.165, 1.54) is 6.26 Å². The predicted octanol–water partition coefficient (Wildman–Crippen LogP) is 3.67. The van der Waals surface area contributed by atoms with E-state index in [-0.39, 0.29) is 5.88 Å². The van der Waals surface area contributed by atoms with Crippen molar-refractivity contribution < 1.29 is 23.7 Å². The Morgan fingerprint density at radius 1 is 1.30 bits per heavy atom. The van der Waals surface area contributed by atoms with Crippen molar-refractivity contribution in [2.45, 2.75) is 32.7 Å². The Kier molecular flexibility index (Phi) is 5.16. The van der Waals surface area contributed by atoms with Crippen molar-refractivity contribution in [1.82, 2.24) is 5.32 Å². The number of hydrogen-bond donors (Lipinski definition) is 1. The first-order valence-electron chi connectivity index (χ1n) is 7.19. The minimum absolute atomic E-state index is 0.203. The van der Waals surface area contributed by atoms with Crippen molar-refractivity contribution in [1.29, 1.82) is 0 Å². The average Bonchev–Trinajstić information content (AvgIpc) is 2.91. The molecular weight excluding hydrogens is 298 g/mol. The number of rotatable bonds is 4. The normalized spacial score (nSPS) is 17.2. The van der Waals surface area contributed by atoms with Gasteiger partial charge in [0.2, 0.25) is 5.88 Å². The molecule has 1 unspecified atom stereocenters. The lowest BCUT2D eigenvalue weighted by molar-refractivity contribution is -0.0387. The Balaban J connectivity index is 2.00. The molecule has 0 saturated carbocycles. The third-order valence-corrected chi connectivity index (χ3v) is 2.79. The second-order valence-corrected chi connectivity index (χ2v) is 5.86. The summed E-state index contributed by atoms with van der Waals surface area (Å²) in [7, 11) is 1.58. The van der Waals surface area contributed by atoms with Crippen molar-refractivity contribution in [3.63, 3.8) is 0 Å². The molecule has 0 aromatic heterocycles. The van der Waals surface area contributed by atoms with Gasteiger partial charge in [0.05, 0.1) is 13.4 Å². The van der Waals surface area contributed by atoms with E-state index in [1.807, 2.05) is 24.3 Å². The van der Waals surface area contributed by atoms with Crippen LogP contribution in [0.2, 0.25) is 0 Å². The highest BCUT2D eigenvalue weighted by atomic mass is 16.7. The van der Waals surface area contributed by atoms with Crippen molar-refractivity contribution in [3.8, 4) is 0 Å². The fraction of sp³-hybridized carbons (Fsp3) is 0.353. The maximum absolute atomic E-state index is 11.7. The van der Waals surface area contributed by atoms with Crippen molar-refractivity contribution in [2.75, 3.05) is 7.11 Å². The van der Waals surface area contributed by atoms with Gasteiger partial charge in [-0.15, -0.1) is 0 Å². The monoisotopic (exact) mass is 319 g/mol. The minimum Gasteiger partial charge on any atom is -0.504 e. The maximum atomic E-state index is 11.7. The molecule has 0 saturated heterocycles. The van der Waals surface area contributed by atoms with Crippen molar-refractivity contribution in [2.24, 2.45) is 0 Å². The highest BCUT2D eigenvalue weighted by molar-refractivity contribution is 5.69. The van der Waals surface area contributed by atoms with E-state index in [2.05, 4.69) is 5.32 Å². The minimum atomic E-state index is -0.641. The number of amides is 1. The predicted molar refractivity (Wildman–Crippen MR) is 84.8 cm³/mol. The van der Waals surface area contributed by atoms with E-state index in [9.17, 15) is 4.79 Å². The molecule has 0 fully saturated rings. The Morgan fingerprint density at radius 2 is 2.04 bits per heavy atom. The quantitative estimate of drug-likeness (QED) is 0.858. The lowest BCUT2D eigenvalue weighted by Gasteiger charge is -2.20. The van der Waals surface area contributed by atoms with Gasteiger partial charge in [-0.05, 0) is 32.4 Å². The Hall–Kier alpha value is -2.63. The second kappa shape index (κ2) is 7.09. The fourth-order valence-corrected chi connectivity index (χ4v) is 1.91. The summed E-state index contributed by atoms with van der Waals surface area (Å²) in [6.07, 6.45) is 3.49. The van der Waals surface area contributed by atoms with Crippen LogP contribution in [0.4, 0.5) is 4.79 Å². The molecule has 1 atom stereocenters. The molecule has 1 aromatic carbocycles. The summed E-state index contributed by atoms with van der Waals surface area (Å²) in [5.74, 6) is 0.203. The molecule has 1 heterocycles. The van der Waals surface area contributed by atoms with Crippen LogP contribution in [-0.2, 0) is 18.9 Å². The van der Waals surface area contributed by atoms with Gasteiger partial charge >= 0.3 is 6.09 Å². The molecule has 0 bridgehead atoms. The summed E-state index contributed by atoms with van der Waals surface area (Å²) in [4.78, 5) is 11.7. The van der Waals surface area contributed by atoms with Crippen LogP contribution in [-0.4, -0.2) is 18.8 Å². The van der Waals surface area contributed by atoms with Gasteiger partial charge in [-0.2, -0.15) is 0 Å². The van der Waals surface area contributed by atoms with E-state index in [1.54, 1.807) is 40.2 Å². The van der Waals surface area contributed by atoms with Crippen LogP contribution in [0.1, 0.15) is 38.2 Å². The van der Waals surface area contributed by atoms with Gasteiger partial charge in [-0.25, -0.2) is 4.79 Å². The third-order valence-electron chi connectivity index (χ3n) is 2.79. The molecule has 0 aliphatic carbocycles. The standard InChI is InChI=1S/C17H21NO5/c1-17(2,3)23-16(19)18-14-11-21-15(22-14)13-8-6-5-7-12(13)9-10-20-4/h5-11,15H,1-4H3,(H,18,19). The lowest BCUT2D eigenvalue weighted by atomic mass is 10.1. The SMILES string of the molecule is COC=Cc1ccccc1C1OC=C(NC(=O)OC(C)(C)C)O1. The molecule has 1 amide bonds. The molecule has 0 spiro atoms. The van der Waals surface area contributed by atoms with Gasteiger partial charge in [0.15, 0.2) is 0 Å². The number of benzene rings is 1. The number of carbonyl (C=O) groups excluding carboxylic acids is 1. The van der Waals surface area contributed by atoms with Gasteiger partial charge in [-0.3, -0.25) is 5.32 Å². The topological polar surface area (TPSA) is 66.0 Å². The number of carbonyl (C=O) groups is 1. The van der Waals surface area contributed by atoms with E-state index >= 15 is 0 Å². The summed E-state index contributed by atoms with van der Waals surface area (Å²) in [5.41, 5.74) is 1.13. The number of ether oxygens (including phenoxy) is 4. The first-order chi connectivity index (χ1) is 10.9. The van der Waals surface area contributed by atoms with Gasteiger partial charge in [-0.1, -0.05) is 24.3 Å². The number of hydrogen-bond acceptors (Lipinski definition) is 5. The molecule has 6 nitrogen and oxygen atoms in total. The summed E-state index contributed by atoms with van der Waals surface area (Å²) in [5, 5.41) is 2.51. The van der Waals surface area contributed by atoms with Gasteiger partial charge in [0.1, 0.15) is 11.9 Å². The summed E-state index contributed by atoms with van der Waals surface area (Å²) >= 11 is 0. The lowest BCUT2D eigenvalue weighted by Crippen LogP contribution is -2.32. The van der Waals surface area contributed by atoms with Crippen LogP contribution in [0, 0.1) is 0 Å². The molecule has 23 heavy (non-hydrogen) atoms. The van der Waals surface area contributed by atoms with Crippen LogP contribution in [0.5, 0.6) is 0 Å². The number of nitrogens with one attached hydrogen (secondary N) is 1. The first kappa shape index (κ1) is 16.7. The molecule has 1 aliphatic rings. The first-order valence-corrected chi connectivity index (χ1v) is 7.19. The molecule has 1 N–H and O–H groups in total. The maximum Gasteiger partial charge on any atom is 0.414 e. The summed E-state index contributed by atoms with van der Waals surface area (Å²) in [6, 6.07) is 7.58. The van der Waals surface area contributed by atoms with Gasteiger partial charge in [0.25, 0.3) is 6.29 Å². The molecular formula is C17H21NO5. The van der Waals surface area contributed by atoms with Crippen LogP contribution in [0.15, 0.2) is 42.7 Å². The van der Waals surface area contributed by atoms with Gasteiger partial charge in [0, 0.05) is 5.56 Å². The fourth-order valence-electron chi connectivity index (χ4n) is 1.91. The molecule has 1 aliphatic heterocycles. The van der Waals surface area contributed by atoms with Crippen LogP contribution in [0.25, 0.3) is 6.08 Å². The second-order valence-electron chi connectivity index (χ2n) is 5.86. The van der Waals surface area contributed by atoms with E-state index < -0.39 is 18.0 Å². The van der Waals surface area contributed by atoms with E-state index in [4.69, 9.17) is 18.9 Å². The molecule has 0 radical (unpaired) electrons. The summed E-state index contributed by atoms with van der Waals surface area (Å²) in [6.45, 7) is 5.36. The molecule has 124 valence electrons. The molecule has 2 rings (SSSR count). The number of alkyl carbamates (subject to hydrolysis) is 1. The molecule has 6 heteroatoms. The Bertz CT molecular complexity index is 616. The van der Waals surface area contributed by atoms with Crippen molar-refractivity contribution >= 4 is 12.2 Å². The zero-order chi connectivity index (χ0) is 16.9. The smallest absolute Gasteiger partial charge is 0.414 e.